The van der Waals surface area contributed by atoms with E-state index in [1.165, 1.54) is 11.9 Å². The molecule has 0 bridgehead atoms. The second-order valence-corrected chi connectivity index (χ2v) is 6.96. The zero-order chi connectivity index (χ0) is 22.2. The van der Waals surface area contributed by atoms with Crippen LogP contribution >= 0.6 is 0 Å². The third-order valence-electron chi connectivity index (χ3n) is 4.62. The van der Waals surface area contributed by atoms with E-state index in [2.05, 4.69) is 43.1 Å². The SMILES string of the molecule is CCc1ccc(NC(=O)Nc2ccc(Nc3cc(Nc4ccccn4)ncn3)cc2)cc1. The zero-order valence-electron chi connectivity index (χ0n) is 17.5. The summed E-state index contributed by atoms with van der Waals surface area (Å²) in [6, 6.07) is 22.2. The van der Waals surface area contributed by atoms with Crippen LogP contribution in [0.25, 0.3) is 0 Å². The third-order valence-corrected chi connectivity index (χ3v) is 4.62. The molecule has 2 heterocycles. The maximum absolute atomic E-state index is 12.2. The highest BCUT2D eigenvalue weighted by Crippen LogP contribution is 2.20. The number of urea groups is 1. The lowest BCUT2D eigenvalue weighted by Gasteiger charge is -2.10. The molecule has 4 N–H and O–H groups in total. The van der Waals surface area contributed by atoms with Crippen LogP contribution in [0.4, 0.5) is 39.3 Å². The zero-order valence-corrected chi connectivity index (χ0v) is 17.5. The molecule has 160 valence electrons. The molecule has 2 aromatic carbocycles. The van der Waals surface area contributed by atoms with Gasteiger partial charge in [-0.25, -0.2) is 19.7 Å². The first-order chi connectivity index (χ1) is 15.7. The highest BCUT2D eigenvalue weighted by Gasteiger charge is 2.04. The number of rotatable bonds is 7. The van der Waals surface area contributed by atoms with Gasteiger partial charge in [-0.05, 0) is 60.5 Å². The highest BCUT2D eigenvalue weighted by molar-refractivity contribution is 5.99. The maximum Gasteiger partial charge on any atom is 0.323 e. The van der Waals surface area contributed by atoms with E-state index in [1.54, 1.807) is 12.3 Å². The molecule has 0 fully saturated rings. The van der Waals surface area contributed by atoms with Crippen molar-refractivity contribution in [1.29, 1.82) is 0 Å². The molecule has 0 aliphatic rings. The number of carbonyl (C=O) groups is 1. The van der Waals surface area contributed by atoms with E-state index in [9.17, 15) is 4.79 Å². The molecule has 0 aliphatic carbocycles. The normalized spacial score (nSPS) is 10.3. The van der Waals surface area contributed by atoms with E-state index in [0.29, 0.717) is 23.1 Å². The highest BCUT2D eigenvalue weighted by atomic mass is 16.2. The lowest BCUT2D eigenvalue weighted by molar-refractivity contribution is 0.262. The summed E-state index contributed by atoms with van der Waals surface area (Å²) < 4.78 is 0. The van der Waals surface area contributed by atoms with E-state index in [-0.39, 0.29) is 6.03 Å². The largest absolute Gasteiger partial charge is 0.340 e. The molecule has 4 aromatic rings. The monoisotopic (exact) mass is 425 g/mol. The summed E-state index contributed by atoms with van der Waals surface area (Å²) in [5.41, 5.74) is 3.48. The quantitative estimate of drug-likeness (QED) is 0.309. The summed E-state index contributed by atoms with van der Waals surface area (Å²) in [5, 5.41) is 12.0. The fourth-order valence-electron chi connectivity index (χ4n) is 2.96. The van der Waals surface area contributed by atoms with Crippen molar-refractivity contribution in [3.05, 3.63) is 90.9 Å². The summed E-state index contributed by atoms with van der Waals surface area (Å²) >= 11 is 0. The van der Waals surface area contributed by atoms with E-state index in [4.69, 9.17) is 0 Å². The summed E-state index contributed by atoms with van der Waals surface area (Å²) in [7, 11) is 0. The lowest BCUT2D eigenvalue weighted by Crippen LogP contribution is -2.19. The smallest absolute Gasteiger partial charge is 0.323 e. The molecular weight excluding hydrogens is 402 g/mol. The third kappa shape index (κ3) is 5.79. The molecule has 4 rings (SSSR count). The summed E-state index contributed by atoms with van der Waals surface area (Å²) in [4.78, 5) is 24.9. The van der Waals surface area contributed by atoms with Gasteiger partial charge in [0.05, 0.1) is 0 Å². The Bertz CT molecular complexity index is 1160. The van der Waals surface area contributed by atoms with Gasteiger partial charge in [0.15, 0.2) is 0 Å². The first-order valence-corrected chi connectivity index (χ1v) is 10.2. The average molecular weight is 425 g/mol. The van der Waals surface area contributed by atoms with Gasteiger partial charge >= 0.3 is 6.03 Å². The van der Waals surface area contributed by atoms with Crippen molar-refractivity contribution in [2.24, 2.45) is 0 Å². The predicted octanol–water partition coefficient (Wildman–Crippen LogP) is 5.57. The molecule has 0 saturated carbocycles. The van der Waals surface area contributed by atoms with Crippen LogP contribution in [0.5, 0.6) is 0 Å². The van der Waals surface area contributed by atoms with Crippen LogP contribution in [0.2, 0.25) is 0 Å². The van der Waals surface area contributed by atoms with Gasteiger partial charge in [-0.1, -0.05) is 25.1 Å². The van der Waals surface area contributed by atoms with Crippen LogP contribution in [-0.4, -0.2) is 21.0 Å². The fraction of sp³-hybridized carbons (Fsp3) is 0.0833. The van der Waals surface area contributed by atoms with Crippen molar-refractivity contribution >= 4 is 40.5 Å². The van der Waals surface area contributed by atoms with Crippen LogP contribution in [0.1, 0.15) is 12.5 Å². The maximum atomic E-state index is 12.2. The number of amides is 2. The molecule has 0 radical (unpaired) electrons. The Balaban J connectivity index is 1.33. The minimum Gasteiger partial charge on any atom is -0.340 e. The number of carbonyl (C=O) groups excluding carboxylic acids is 1. The molecule has 0 saturated heterocycles. The average Bonchev–Trinajstić information content (AvgIpc) is 2.82. The number of nitrogens with one attached hydrogen (secondary N) is 4. The van der Waals surface area contributed by atoms with Crippen LogP contribution in [0.15, 0.2) is 85.3 Å². The van der Waals surface area contributed by atoms with Crippen molar-refractivity contribution in [2.45, 2.75) is 13.3 Å². The van der Waals surface area contributed by atoms with E-state index in [1.807, 2.05) is 66.7 Å². The van der Waals surface area contributed by atoms with Crippen molar-refractivity contribution in [3.8, 4) is 0 Å². The van der Waals surface area contributed by atoms with Gasteiger partial charge in [-0.2, -0.15) is 0 Å². The number of pyridine rings is 1. The van der Waals surface area contributed by atoms with Crippen LogP contribution < -0.4 is 21.3 Å². The second kappa shape index (κ2) is 10.0. The van der Waals surface area contributed by atoms with Crippen molar-refractivity contribution in [1.82, 2.24) is 15.0 Å². The standard InChI is InChI=1S/C24H23N7O/c1-2-17-6-8-19(9-7-17)29-24(32)30-20-12-10-18(11-13-20)28-22-15-23(27-16-26-22)31-21-5-3-4-14-25-21/h3-16H,2H2,1H3,(H2,29,30,32)(H2,25,26,27,28,31). The molecule has 2 amide bonds. The minimum atomic E-state index is -0.295. The minimum absolute atomic E-state index is 0.295. The van der Waals surface area contributed by atoms with Crippen molar-refractivity contribution < 1.29 is 4.79 Å². The van der Waals surface area contributed by atoms with E-state index in [0.717, 1.165) is 17.8 Å². The number of nitrogens with zero attached hydrogens (tertiary/aromatic N) is 3. The molecule has 0 unspecified atom stereocenters. The summed E-state index contributed by atoms with van der Waals surface area (Å²) in [6.45, 7) is 2.09. The molecular formula is C24H23N7O. The molecule has 8 nitrogen and oxygen atoms in total. The molecule has 0 aliphatic heterocycles. The number of aryl methyl sites for hydroxylation is 1. The van der Waals surface area contributed by atoms with E-state index < -0.39 is 0 Å². The van der Waals surface area contributed by atoms with Gasteiger partial charge in [-0.3, -0.25) is 0 Å². The lowest BCUT2D eigenvalue weighted by atomic mass is 10.1. The Morgan fingerprint density at radius 3 is 1.97 bits per heavy atom. The Morgan fingerprint density at radius 1 is 0.719 bits per heavy atom. The molecule has 0 atom stereocenters. The summed E-state index contributed by atoms with van der Waals surface area (Å²) in [6.07, 6.45) is 4.14. The Hall–Kier alpha value is -4.46. The second-order valence-electron chi connectivity index (χ2n) is 6.96. The number of anilines is 6. The number of hydrogen-bond acceptors (Lipinski definition) is 6. The van der Waals surface area contributed by atoms with Crippen LogP contribution in [-0.2, 0) is 6.42 Å². The van der Waals surface area contributed by atoms with Gasteiger partial charge in [0.25, 0.3) is 0 Å². The van der Waals surface area contributed by atoms with Gasteiger partial charge in [0, 0.05) is 29.3 Å². The molecule has 32 heavy (non-hydrogen) atoms. The topological polar surface area (TPSA) is 104 Å². The molecule has 8 heteroatoms. The first-order valence-electron chi connectivity index (χ1n) is 10.2. The fourth-order valence-corrected chi connectivity index (χ4v) is 2.96. The Morgan fingerprint density at radius 2 is 1.34 bits per heavy atom. The van der Waals surface area contributed by atoms with Gasteiger partial charge in [0.2, 0.25) is 0 Å². The van der Waals surface area contributed by atoms with Gasteiger partial charge in [0.1, 0.15) is 23.8 Å². The number of aromatic nitrogens is 3. The first kappa shape index (κ1) is 20.8. The molecule has 0 spiro atoms. The molecule has 2 aromatic heterocycles. The van der Waals surface area contributed by atoms with E-state index >= 15 is 0 Å². The Kier molecular flexibility index (Phi) is 6.52. The van der Waals surface area contributed by atoms with Gasteiger partial charge in [-0.15, -0.1) is 0 Å². The van der Waals surface area contributed by atoms with Crippen molar-refractivity contribution in [2.75, 3.05) is 21.3 Å². The van der Waals surface area contributed by atoms with Crippen molar-refractivity contribution in [3.63, 3.8) is 0 Å². The van der Waals surface area contributed by atoms with Crippen LogP contribution in [0.3, 0.4) is 0 Å². The summed E-state index contributed by atoms with van der Waals surface area (Å²) in [5.74, 6) is 1.96. The van der Waals surface area contributed by atoms with Crippen LogP contribution in [0, 0.1) is 0 Å². The Labute approximate surface area is 186 Å². The predicted molar refractivity (Wildman–Crippen MR) is 128 cm³/mol. The van der Waals surface area contributed by atoms with Gasteiger partial charge < -0.3 is 21.3 Å². The number of benzene rings is 2. The number of hydrogen-bond donors (Lipinski definition) is 4.